The molecule has 1 aliphatic carbocycles. The van der Waals surface area contributed by atoms with Gasteiger partial charge in [0.1, 0.15) is 12.6 Å². The summed E-state index contributed by atoms with van der Waals surface area (Å²) in [4.78, 5) is 29.3. The number of aryl methyl sites for hydroxylation is 1. The van der Waals surface area contributed by atoms with Gasteiger partial charge in [-0.2, -0.15) is 0 Å². The molecular weight excluding hydrogens is 593 g/mol. The lowest BCUT2D eigenvalue weighted by atomic mass is 9.95. The zero-order chi connectivity index (χ0) is 30.3. The summed E-state index contributed by atoms with van der Waals surface area (Å²) >= 11 is 12.1. The number of rotatable bonds is 11. The van der Waals surface area contributed by atoms with Crippen LogP contribution in [-0.4, -0.2) is 43.8 Å². The highest BCUT2D eigenvalue weighted by molar-refractivity contribution is 7.92. The Labute approximate surface area is 258 Å². The number of amides is 2. The first kappa shape index (κ1) is 31.9. The van der Waals surface area contributed by atoms with Crippen molar-refractivity contribution in [2.45, 2.75) is 75.9 Å². The van der Waals surface area contributed by atoms with Crippen LogP contribution in [0.5, 0.6) is 0 Å². The molecule has 0 radical (unpaired) electrons. The van der Waals surface area contributed by atoms with Crippen molar-refractivity contribution in [3.8, 4) is 0 Å². The summed E-state index contributed by atoms with van der Waals surface area (Å²) in [6, 6.07) is 19.1. The lowest BCUT2D eigenvalue weighted by Crippen LogP contribution is -2.54. The van der Waals surface area contributed by atoms with Crippen LogP contribution in [0.25, 0.3) is 0 Å². The monoisotopic (exact) mass is 629 g/mol. The Morgan fingerprint density at radius 1 is 0.881 bits per heavy atom. The van der Waals surface area contributed by atoms with Crippen LogP contribution in [0, 0.1) is 6.92 Å². The number of carbonyl (C=O) groups excluding carboxylic acids is 2. The molecule has 0 bridgehead atoms. The first-order valence-electron chi connectivity index (χ1n) is 14.3. The number of anilines is 1. The Bertz CT molecular complexity index is 1460. The van der Waals surface area contributed by atoms with E-state index in [1.54, 1.807) is 48.5 Å². The second-order valence-corrected chi connectivity index (χ2v) is 13.5. The molecule has 0 aliphatic heterocycles. The molecule has 1 aliphatic rings. The summed E-state index contributed by atoms with van der Waals surface area (Å²) in [5, 5.41) is 4.11. The quantitative estimate of drug-likeness (QED) is 0.254. The number of hydrogen-bond acceptors (Lipinski definition) is 4. The number of halogens is 2. The number of benzene rings is 3. The summed E-state index contributed by atoms with van der Waals surface area (Å²) in [5.74, 6) is -0.720. The number of carbonyl (C=O) groups is 2. The average Bonchev–Trinajstić information content (AvgIpc) is 2.98. The highest BCUT2D eigenvalue weighted by Crippen LogP contribution is 2.26. The lowest BCUT2D eigenvalue weighted by Gasteiger charge is -2.34. The van der Waals surface area contributed by atoms with Gasteiger partial charge in [0.25, 0.3) is 10.0 Å². The first-order valence-corrected chi connectivity index (χ1v) is 16.5. The van der Waals surface area contributed by atoms with Crippen LogP contribution in [0.3, 0.4) is 0 Å². The second-order valence-electron chi connectivity index (χ2n) is 10.7. The molecule has 1 saturated carbocycles. The van der Waals surface area contributed by atoms with Crippen molar-refractivity contribution in [1.29, 1.82) is 0 Å². The van der Waals surface area contributed by atoms with E-state index in [-0.39, 0.29) is 23.4 Å². The average molecular weight is 631 g/mol. The van der Waals surface area contributed by atoms with Crippen LogP contribution >= 0.6 is 23.2 Å². The predicted molar refractivity (Wildman–Crippen MR) is 168 cm³/mol. The fourth-order valence-electron chi connectivity index (χ4n) is 5.22. The minimum absolute atomic E-state index is 0.00612. The molecule has 1 atom stereocenters. The van der Waals surface area contributed by atoms with Gasteiger partial charge in [-0.3, -0.25) is 13.9 Å². The van der Waals surface area contributed by atoms with E-state index in [1.807, 2.05) is 13.8 Å². The van der Waals surface area contributed by atoms with E-state index < -0.39 is 28.5 Å². The molecule has 224 valence electrons. The summed E-state index contributed by atoms with van der Waals surface area (Å²) in [6.45, 7) is 3.39. The second kappa shape index (κ2) is 14.4. The third kappa shape index (κ3) is 8.06. The molecule has 42 heavy (non-hydrogen) atoms. The number of hydrogen-bond donors (Lipinski definition) is 1. The third-order valence-electron chi connectivity index (χ3n) is 7.61. The Balaban J connectivity index is 1.69. The van der Waals surface area contributed by atoms with Gasteiger partial charge in [-0.1, -0.05) is 79.2 Å². The SMILES string of the molecule is CC[C@@H](C(=O)NC1CCCCC1)N(Cc1ccc(Cl)cc1)C(=O)CN(c1ccc(C)cc1)S(=O)(=O)c1ccc(Cl)cc1. The smallest absolute Gasteiger partial charge is 0.264 e. The van der Waals surface area contributed by atoms with E-state index in [4.69, 9.17) is 23.2 Å². The third-order valence-corrected chi connectivity index (χ3v) is 9.90. The molecule has 4 rings (SSSR count). The van der Waals surface area contributed by atoms with Gasteiger partial charge in [-0.25, -0.2) is 8.42 Å². The van der Waals surface area contributed by atoms with E-state index in [2.05, 4.69) is 5.32 Å². The maximum Gasteiger partial charge on any atom is 0.264 e. The van der Waals surface area contributed by atoms with Gasteiger partial charge >= 0.3 is 0 Å². The molecule has 3 aromatic rings. The minimum atomic E-state index is -4.16. The van der Waals surface area contributed by atoms with Gasteiger partial charge in [0.2, 0.25) is 11.8 Å². The maximum atomic E-state index is 14.2. The molecule has 10 heteroatoms. The molecule has 1 N–H and O–H groups in total. The Hall–Kier alpha value is -3.07. The number of sulfonamides is 1. The highest BCUT2D eigenvalue weighted by Gasteiger charge is 2.34. The van der Waals surface area contributed by atoms with Gasteiger partial charge in [0.05, 0.1) is 10.6 Å². The minimum Gasteiger partial charge on any atom is -0.352 e. The molecule has 0 spiro atoms. The van der Waals surface area contributed by atoms with Crippen molar-refractivity contribution >= 4 is 50.7 Å². The van der Waals surface area contributed by atoms with Gasteiger partial charge in [-0.05, 0) is 80.3 Å². The first-order chi connectivity index (χ1) is 20.1. The maximum absolute atomic E-state index is 14.2. The molecule has 0 saturated heterocycles. The van der Waals surface area contributed by atoms with Gasteiger partial charge in [0.15, 0.2) is 0 Å². The molecule has 0 unspecified atom stereocenters. The summed E-state index contributed by atoms with van der Waals surface area (Å²) in [7, 11) is -4.16. The standard InChI is InChI=1S/C32H37Cl2N3O4S/c1-3-30(32(39)35-27-7-5-4-6-8-27)36(21-24-11-13-25(33)14-12-24)31(38)22-37(28-17-9-23(2)10-18-28)42(40,41)29-19-15-26(34)16-20-29/h9-20,27,30H,3-8,21-22H2,1-2H3,(H,35,39)/t30-/m0/s1. The van der Waals surface area contributed by atoms with Crippen LogP contribution in [0.2, 0.25) is 10.0 Å². The van der Waals surface area contributed by atoms with Crippen LogP contribution < -0.4 is 9.62 Å². The Morgan fingerprint density at radius 2 is 1.45 bits per heavy atom. The van der Waals surface area contributed by atoms with Crippen LogP contribution in [0.4, 0.5) is 5.69 Å². The molecular formula is C32H37Cl2N3O4S. The Kier molecular flexibility index (Phi) is 10.9. The highest BCUT2D eigenvalue weighted by atomic mass is 35.5. The summed E-state index contributed by atoms with van der Waals surface area (Å²) in [5.41, 5.74) is 2.07. The van der Waals surface area contributed by atoms with Gasteiger partial charge in [-0.15, -0.1) is 0 Å². The zero-order valence-corrected chi connectivity index (χ0v) is 26.3. The van der Waals surface area contributed by atoms with E-state index >= 15 is 0 Å². The van der Waals surface area contributed by atoms with Gasteiger partial charge < -0.3 is 10.2 Å². The van der Waals surface area contributed by atoms with E-state index in [1.165, 1.54) is 29.2 Å². The Morgan fingerprint density at radius 3 is 2.02 bits per heavy atom. The number of nitrogens with zero attached hydrogens (tertiary/aromatic N) is 2. The van der Waals surface area contributed by atoms with Crippen LogP contribution in [-0.2, 0) is 26.2 Å². The molecule has 1 fully saturated rings. The predicted octanol–water partition coefficient (Wildman–Crippen LogP) is 6.75. The fourth-order valence-corrected chi connectivity index (χ4v) is 6.89. The van der Waals surface area contributed by atoms with Crippen molar-refractivity contribution < 1.29 is 18.0 Å². The summed E-state index contributed by atoms with van der Waals surface area (Å²) in [6.07, 6.45) is 5.46. The molecule has 0 heterocycles. The topological polar surface area (TPSA) is 86.8 Å². The van der Waals surface area contributed by atoms with Crippen LogP contribution in [0.1, 0.15) is 56.6 Å². The van der Waals surface area contributed by atoms with Crippen molar-refractivity contribution in [2.24, 2.45) is 0 Å². The van der Waals surface area contributed by atoms with Crippen molar-refractivity contribution in [2.75, 3.05) is 10.8 Å². The number of nitrogens with one attached hydrogen (secondary N) is 1. The molecule has 2 amide bonds. The molecule has 0 aromatic heterocycles. The van der Waals surface area contributed by atoms with E-state index in [9.17, 15) is 18.0 Å². The van der Waals surface area contributed by atoms with E-state index in [0.717, 1.165) is 47.5 Å². The fraction of sp³-hybridized carbons (Fsp3) is 0.375. The largest absolute Gasteiger partial charge is 0.352 e. The van der Waals surface area contributed by atoms with Crippen LogP contribution in [0.15, 0.2) is 77.7 Å². The normalized spacial score (nSPS) is 14.7. The van der Waals surface area contributed by atoms with Gasteiger partial charge in [0, 0.05) is 22.6 Å². The summed E-state index contributed by atoms with van der Waals surface area (Å²) < 4.78 is 29.0. The molecule has 3 aromatic carbocycles. The van der Waals surface area contributed by atoms with Crippen molar-refractivity contribution in [3.05, 3.63) is 94.0 Å². The van der Waals surface area contributed by atoms with Crippen molar-refractivity contribution in [3.63, 3.8) is 0 Å². The van der Waals surface area contributed by atoms with Crippen molar-refractivity contribution in [1.82, 2.24) is 10.2 Å². The van der Waals surface area contributed by atoms with E-state index in [0.29, 0.717) is 22.2 Å². The zero-order valence-electron chi connectivity index (χ0n) is 23.9. The lowest BCUT2D eigenvalue weighted by molar-refractivity contribution is -0.140. The molecule has 7 nitrogen and oxygen atoms in total.